The number of halogens is 1. The Kier molecular flexibility index (Phi) is 5.22. The summed E-state index contributed by atoms with van der Waals surface area (Å²) < 4.78 is 28.7. The van der Waals surface area contributed by atoms with Crippen LogP contribution in [0, 0.1) is 12.7 Å². The SMILES string of the molecule is CNCC1COC2(CCN(c3c(F)cn4c(=O)c(C(=O)O)cc(C5CC5)c4c3C)CC2)O1. The van der Waals surface area contributed by atoms with Crippen LogP contribution in [0.4, 0.5) is 10.1 Å². The van der Waals surface area contributed by atoms with E-state index in [1.807, 2.05) is 18.9 Å². The molecule has 1 saturated carbocycles. The summed E-state index contributed by atoms with van der Waals surface area (Å²) in [4.78, 5) is 26.3. The maximum atomic E-state index is 15.3. The third-order valence-corrected chi connectivity index (χ3v) is 6.88. The van der Waals surface area contributed by atoms with Gasteiger partial charge in [0, 0.05) is 32.5 Å². The van der Waals surface area contributed by atoms with Gasteiger partial charge in [-0.25, -0.2) is 9.18 Å². The second-order valence-corrected chi connectivity index (χ2v) is 9.07. The van der Waals surface area contributed by atoms with E-state index in [-0.39, 0.29) is 17.6 Å². The van der Waals surface area contributed by atoms with Gasteiger partial charge in [0.15, 0.2) is 11.6 Å². The largest absolute Gasteiger partial charge is 0.477 e. The molecule has 2 N–H and O–H groups in total. The standard InChI is InChI=1S/C23H28FN3O5/c1-13-19-16(14-3-4-14)9-17(22(29)30)21(28)27(19)11-18(24)20(13)26-7-5-23(6-8-26)31-12-15(32-23)10-25-2/h9,11,14-15,25H,3-8,10,12H2,1-2H3,(H,29,30). The molecular weight excluding hydrogens is 417 g/mol. The van der Waals surface area contributed by atoms with E-state index in [9.17, 15) is 14.7 Å². The first kappa shape index (κ1) is 21.4. The smallest absolute Gasteiger partial charge is 0.341 e. The molecule has 1 atom stereocenters. The van der Waals surface area contributed by atoms with E-state index in [1.165, 1.54) is 10.5 Å². The summed E-state index contributed by atoms with van der Waals surface area (Å²) in [5, 5.41) is 12.6. The van der Waals surface area contributed by atoms with Crippen LogP contribution in [0.5, 0.6) is 0 Å². The second kappa shape index (κ2) is 7.83. The molecule has 2 aromatic heterocycles. The summed E-state index contributed by atoms with van der Waals surface area (Å²) in [5.41, 5.74) is 1.55. The van der Waals surface area contributed by atoms with Crippen molar-refractivity contribution < 1.29 is 23.8 Å². The topological polar surface area (TPSA) is 92.5 Å². The number of nitrogens with zero attached hydrogens (tertiary/aromatic N) is 2. The van der Waals surface area contributed by atoms with Gasteiger partial charge in [-0.15, -0.1) is 0 Å². The van der Waals surface area contributed by atoms with E-state index in [4.69, 9.17) is 9.47 Å². The van der Waals surface area contributed by atoms with E-state index in [0.717, 1.165) is 31.1 Å². The Morgan fingerprint density at radius 3 is 2.69 bits per heavy atom. The lowest BCUT2D eigenvalue weighted by Crippen LogP contribution is -2.46. The molecule has 3 aliphatic rings. The van der Waals surface area contributed by atoms with Crippen LogP contribution in [0.2, 0.25) is 0 Å². The van der Waals surface area contributed by atoms with Gasteiger partial charge in [0.1, 0.15) is 5.56 Å². The molecule has 0 amide bonds. The molecule has 0 aromatic carbocycles. The number of nitrogens with one attached hydrogen (secondary N) is 1. The molecule has 1 aliphatic carbocycles. The van der Waals surface area contributed by atoms with Crippen LogP contribution in [0.3, 0.4) is 0 Å². The Hall–Kier alpha value is -2.49. The van der Waals surface area contributed by atoms with Crippen molar-refractivity contribution in [3.63, 3.8) is 0 Å². The number of hydrogen-bond donors (Lipinski definition) is 2. The molecule has 0 radical (unpaired) electrons. The molecule has 2 aliphatic heterocycles. The second-order valence-electron chi connectivity index (χ2n) is 9.07. The number of carboxylic acids is 1. The van der Waals surface area contributed by atoms with E-state index in [1.54, 1.807) is 0 Å². The van der Waals surface area contributed by atoms with Crippen molar-refractivity contribution in [2.24, 2.45) is 0 Å². The number of aromatic carboxylic acids is 1. The van der Waals surface area contributed by atoms with Crippen LogP contribution in [0.25, 0.3) is 5.52 Å². The summed E-state index contributed by atoms with van der Waals surface area (Å²) in [6.45, 7) is 4.22. The van der Waals surface area contributed by atoms with Crippen LogP contribution in [0.1, 0.15) is 53.1 Å². The monoisotopic (exact) mass is 445 g/mol. The highest BCUT2D eigenvalue weighted by molar-refractivity contribution is 5.89. The summed E-state index contributed by atoms with van der Waals surface area (Å²) in [6.07, 6.45) is 4.28. The highest BCUT2D eigenvalue weighted by Gasteiger charge is 2.44. The van der Waals surface area contributed by atoms with Crippen molar-refractivity contribution in [1.29, 1.82) is 0 Å². The molecule has 8 nitrogen and oxygen atoms in total. The van der Waals surface area contributed by atoms with Gasteiger partial charge in [0.05, 0.1) is 30.1 Å². The van der Waals surface area contributed by atoms with Gasteiger partial charge in [-0.3, -0.25) is 9.20 Å². The molecule has 9 heteroatoms. The number of carboxylic acid groups (broad SMARTS) is 1. The molecule has 0 bridgehead atoms. The van der Waals surface area contributed by atoms with Gasteiger partial charge in [-0.1, -0.05) is 0 Å². The molecule has 32 heavy (non-hydrogen) atoms. The zero-order chi connectivity index (χ0) is 22.6. The fourth-order valence-electron chi connectivity index (χ4n) is 5.17. The number of ether oxygens (including phenoxy) is 2. The normalized spacial score (nSPS) is 22.7. The Labute approximate surface area is 184 Å². The van der Waals surface area contributed by atoms with Gasteiger partial charge in [-0.2, -0.15) is 0 Å². The van der Waals surface area contributed by atoms with Crippen molar-refractivity contribution in [2.45, 2.75) is 50.4 Å². The summed E-state index contributed by atoms with van der Waals surface area (Å²) >= 11 is 0. The number of rotatable bonds is 5. The molecule has 1 spiro atoms. The average Bonchev–Trinajstić information content (AvgIpc) is 3.53. The minimum Gasteiger partial charge on any atom is -0.477 e. The number of fused-ring (bicyclic) bond motifs is 1. The van der Waals surface area contributed by atoms with Crippen LogP contribution < -0.4 is 15.8 Å². The first-order valence-electron chi connectivity index (χ1n) is 11.2. The summed E-state index contributed by atoms with van der Waals surface area (Å²) in [5.74, 6) is -2.23. The first-order chi connectivity index (χ1) is 15.3. The Balaban J connectivity index is 1.51. The van der Waals surface area contributed by atoms with Crippen LogP contribution in [-0.2, 0) is 9.47 Å². The van der Waals surface area contributed by atoms with E-state index >= 15 is 4.39 Å². The Bertz CT molecular complexity index is 1130. The summed E-state index contributed by atoms with van der Waals surface area (Å²) in [6, 6.07) is 1.49. The van der Waals surface area contributed by atoms with Gasteiger partial charge >= 0.3 is 5.97 Å². The minimum absolute atomic E-state index is 0.0158. The van der Waals surface area contributed by atoms with E-state index in [0.29, 0.717) is 49.3 Å². The van der Waals surface area contributed by atoms with Crippen molar-refractivity contribution in [2.75, 3.05) is 38.2 Å². The molecule has 2 saturated heterocycles. The number of hydrogen-bond acceptors (Lipinski definition) is 6. The number of carbonyl (C=O) groups is 1. The number of anilines is 1. The molecule has 172 valence electrons. The van der Waals surface area contributed by atoms with Gasteiger partial charge < -0.3 is 24.8 Å². The minimum atomic E-state index is -1.29. The maximum Gasteiger partial charge on any atom is 0.341 e. The van der Waals surface area contributed by atoms with Crippen LogP contribution in [0.15, 0.2) is 17.1 Å². The molecular formula is C23H28FN3O5. The van der Waals surface area contributed by atoms with E-state index < -0.39 is 23.1 Å². The third-order valence-electron chi connectivity index (χ3n) is 6.88. The fraction of sp³-hybridized carbons (Fsp3) is 0.565. The maximum absolute atomic E-state index is 15.3. The van der Waals surface area contributed by atoms with Crippen molar-refractivity contribution in [3.05, 3.63) is 45.1 Å². The lowest BCUT2D eigenvalue weighted by atomic mass is 9.99. The van der Waals surface area contributed by atoms with Crippen LogP contribution in [-0.4, -0.2) is 60.7 Å². The average molecular weight is 445 g/mol. The zero-order valence-corrected chi connectivity index (χ0v) is 18.3. The van der Waals surface area contributed by atoms with Crippen molar-refractivity contribution in [1.82, 2.24) is 9.72 Å². The lowest BCUT2D eigenvalue weighted by Gasteiger charge is -2.39. The van der Waals surface area contributed by atoms with Gasteiger partial charge in [0.25, 0.3) is 5.56 Å². The van der Waals surface area contributed by atoms with Crippen LogP contribution >= 0.6 is 0 Å². The van der Waals surface area contributed by atoms with Gasteiger partial charge in [-0.05, 0) is 49.9 Å². The zero-order valence-electron chi connectivity index (χ0n) is 18.3. The predicted octanol–water partition coefficient (Wildman–Crippen LogP) is 2.25. The first-order valence-corrected chi connectivity index (χ1v) is 11.2. The molecule has 1 unspecified atom stereocenters. The van der Waals surface area contributed by atoms with E-state index in [2.05, 4.69) is 5.32 Å². The Morgan fingerprint density at radius 1 is 1.34 bits per heavy atom. The number of aromatic nitrogens is 1. The lowest BCUT2D eigenvalue weighted by molar-refractivity contribution is -0.179. The number of pyridine rings is 2. The molecule has 2 aromatic rings. The summed E-state index contributed by atoms with van der Waals surface area (Å²) in [7, 11) is 1.88. The third kappa shape index (κ3) is 3.48. The highest BCUT2D eigenvalue weighted by atomic mass is 19.1. The molecule has 3 fully saturated rings. The number of piperidine rings is 1. The van der Waals surface area contributed by atoms with Crippen molar-refractivity contribution >= 4 is 17.2 Å². The van der Waals surface area contributed by atoms with Gasteiger partial charge in [0.2, 0.25) is 0 Å². The number of likely N-dealkylation sites (N-methyl/N-ethyl adjacent to an activating group) is 1. The quantitative estimate of drug-likeness (QED) is 0.729. The number of aryl methyl sites for hydroxylation is 1. The Morgan fingerprint density at radius 2 is 2.06 bits per heavy atom. The molecule has 4 heterocycles. The molecule has 5 rings (SSSR count). The fourth-order valence-corrected chi connectivity index (χ4v) is 5.17. The predicted molar refractivity (Wildman–Crippen MR) is 116 cm³/mol. The van der Waals surface area contributed by atoms with Crippen molar-refractivity contribution in [3.8, 4) is 0 Å². The highest BCUT2D eigenvalue weighted by Crippen LogP contribution is 2.44.